The molecule has 1 aromatic heterocycles. The second-order valence-electron chi connectivity index (χ2n) is 5.56. The van der Waals surface area contributed by atoms with Crippen LogP contribution in [0.2, 0.25) is 5.02 Å². The van der Waals surface area contributed by atoms with E-state index >= 15 is 0 Å². The van der Waals surface area contributed by atoms with Crippen molar-refractivity contribution in [2.45, 2.75) is 32.9 Å². The highest BCUT2D eigenvalue weighted by atomic mass is 35.5. The van der Waals surface area contributed by atoms with Gasteiger partial charge in [0.1, 0.15) is 5.82 Å². The predicted molar refractivity (Wildman–Crippen MR) is 84.5 cm³/mol. The molecule has 1 aromatic carbocycles. The minimum absolute atomic E-state index is 0.00893. The average molecular weight is 310 g/mol. The Kier molecular flexibility index (Phi) is 5.33. The van der Waals surface area contributed by atoms with Gasteiger partial charge in [0.2, 0.25) is 0 Å². The average Bonchev–Trinajstić information content (AvgIpc) is 2.42. The van der Waals surface area contributed by atoms with Gasteiger partial charge in [-0.05, 0) is 30.5 Å². The highest BCUT2D eigenvalue weighted by Crippen LogP contribution is 2.14. The fourth-order valence-electron chi connectivity index (χ4n) is 2.28. The van der Waals surface area contributed by atoms with E-state index in [0.29, 0.717) is 34.2 Å². The van der Waals surface area contributed by atoms with Gasteiger partial charge in [0.25, 0.3) is 5.56 Å². The van der Waals surface area contributed by atoms with Gasteiger partial charge in [0.15, 0.2) is 0 Å². The number of H-pyrrole nitrogens is 1. The molecule has 0 amide bonds. The molecule has 0 fully saturated rings. The summed E-state index contributed by atoms with van der Waals surface area (Å²) in [5.74, 6) is 1.02. The van der Waals surface area contributed by atoms with Gasteiger partial charge in [-0.2, -0.15) is 0 Å². The first-order chi connectivity index (χ1) is 9.99. The molecule has 3 N–H and O–H groups in total. The van der Waals surface area contributed by atoms with Gasteiger partial charge in [-0.15, -0.1) is 0 Å². The van der Waals surface area contributed by atoms with Crippen LogP contribution in [0.4, 0.5) is 0 Å². The van der Waals surface area contributed by atoms with Crippen molar-refractivity contribution in [1.82, 2.24) is 15.3 Å². The van der Waals surface area contributed by atoms with E-state index < -0.39 is 0 Å². The number of rotatable bonds is 6. The number of aliphatic hydroxyl groups is 1. The van der Waals surface area contributed by atoms with E-state index in [-0.39, 0.29) is 18.2 Å². The van der Waals surface area contributed by atoms with Crippen molar-refractivity contribution >= 4 is 22.5 Å². The van der Waals surface area contributed by atoms with Crippen LogP contribution < -0.4 is 10.9 Å². The Balaban J connectivity index is 2.17. The summed E-state index contributed by atoms with van der Waals surface area (Å²) >= 11 is 5.93. The molecule has 2 rings (SSSR count). The number of aliphatic hydroxyl groups excluding tert-OH is 1. The second-order valence-corrected chi connectivity index (χ2v) is 6.00. The molecule has 0 saturated carbocycles. The number of nitrogens with one attached hydrogen (secondary N) is 2. The highest BCUT2D eigenvalue weighted by Gasteiger charge is 2.10. The normalized spacial score (nSPS) is 13.0. The van der Waals surface area contributed by atoms with Crippen LogP contribution >= 0.6 is 11.6 Å². The molecule has 0 radical (unpaired) electrons. The number of aromatic nitrogens is 2. The van der Waals surface area contributed by atoms with E-state index in [1.807, 2.05) is 0 Å². The molecule has 2 aromatic rings. The van der Waals surface area contributed by atoms with Crippen LogP contribution in [0.15, 0.2) is 23.0 Å². The maximum Gasteiger partial charge on any atom is 0.258 e. The first-order valence-electron chi connectivity index (χ1n) is 7.02. The third kappa shape index (κ3) is 4.27. The Labute approximate surface area is 128 Å². The zero-order valence-electron chi connectivity index (χ0n) is 12.2. The largest absolute Gasteiger partial charge is 0.395 e. The topological polar surface area (TPSA) is 78.0 Å². The van der Waals surface area contributed by atoms with E-state index in [0.717, 1.165) is 6.42 Å². The maximum atomic E-state index is 12.0. The Morgan fingerprint density at radius 1 is 1.43 bits per heavy atom. The molecular formula is C15H20ClN3O2. The molecule has 21 heavy (non-hydrogen) atoms. The van der Waals surface area contributed by atoms with Crippen LogP contribution in [-0.2, 0) is 6.54 Å². The quantitative estimate of drug-likeness (QED) is 0.763. The summed E-state index contributed by atoms with van der Waals surface area (Å²) in [5.41, 5.74) is 0.394. The van der Waals surface area contributed by atoms with Gasteiger partial charge in [0, 0.05) is 11.1 Å². The molecule has 5 nitrogen and oxygen atoms in total. The maximum absolute atomic E-state index is 12.0. The Hall–Kier alpha value is -1.43. The zero-order chi connectivity index (χ0) is 15.4. The van der Waals surface area contributed by atoms with E-state index in [2.05, 4.69) is 29.1 Å². The van der Waals surface area contributed by atoms with Crippen LogP contribution in [0.5, 0.6) is 0 Å². The molecule has 0 aliphatic heterocycles. The molecule has 6 heteroatoms. The second kappa shape index (κ2) is 7.02. The molecule has 0 saturated heterocycles. The number of hydrogen-bond acceptors (Lipinski definition) is 4. The van der Waals surface area contributed by atoms with Crippen LogP contribution in [0.3, 0.4) is 0 Å². The predicted octanol–water partition coefficient (Wildman–Crippen LogP) is 2.07. The van der Waals surface area contributed by atoms with Crippen LogP contribution in [0, 0.1) is 5.92 Å². The van der Waals surface area contributed by atoms with Crippen molar-refractivity contribution in [3.8, 4) is 0 Å². The van der Waals surface area contributed by atoms with Crippen molar-refractivity contribution in [2.75, 3.05) is 6.61 Å². The zero-order valence-corrected chi connectivity index (χ0v) is 12.9. The van der Waals surface area contributed by atoms with Gasteiger partial charge in [-0.1, -0.05) is 25.4 Å². The van der Waals surface area contributed by atoms with E-state index in [1.165, 1.54) is 0 Å². The number of nitrogens with zero attached hydrogens (tertiary/aromatic N) is 1. The summed E-state index contributed by atoms with van der Waals surface area (Å²) in [4.78, 5) is 19.1. The lowest BCUT2D eigenvalue weighted by molar-refractivity contribution is 0.223. The minimum atomic E-state index is -0.183. The molecule has 114 valence electrons. The van der Waals surface area contributed by atoms with Crippen LogP contribution in [0.1, 0.15) is 26.1 Å². The molecule has 0 bridgehead atoms. The lowest BCUT2D eigenvalue weighted by Gasteiger charge is -2.17. The third-order valence-corrected chi connectivity index (χ3v) is 3.49. The van der Waals surface area contributed by atoms with Crippen LogP contribution in [-0.4, -0.2) is 27.7 Å². The fraction of sp³-hybridized carbons (Fsp3) is 0.467. The molecule has 1 unspecified atom stereocenters. The summed E-state index contributed by atoms with van der Waals surface area (Å²) in [6.45, 7) is 4.66. The molecule has 0 aliphatic rings. The fourth-order valence-corrected chi connectivity index (χ4v) is 2.44. The summed E-state index contributed by atoms with van der Waals surface area (Å²) in [6, 6.07) is 5.00. The SMILES string of the molecule is CC(C)CC(CO)NCc1nc2cc(Cl)ccc2c(=O)[nH]1. The van der Waals surface area contributed by atoms with Crippen molar-refractivity contribution in [3.63, 3.8) is 0 Å². The first-order valence-corrected chi connectivity index (χ1v) is 7.40. The number of benzene rings is 1. The van der Waals surface area contributed by atoms with Gasteiger partial charge in [0.05, 0.1) is 24.1 Å². The molecule has 1 atom stereocenters. The Morgan fingerprint density at radius 2 is 2.19 bits per heavy atom. The van der Waals surface area contributed by atoms with Gasteiger partial charge in [-0.3, -0.25) is 4.79 Å². The van der Waals surface area contributed by atoms with Crippen LogP contribution in [0.25, 0.3) is 10.9 Å². The van der Waals surface area contributed by atoms with E-state index in [1.54, 1.807) is 18.2 Å². The number of hydrogen-bond donors (Lipinski definition) is 3. The summed E-state index contributed by atoms with van der Waals surface area (Å²) in [5, 5.41) is 13.6. The highest BCUT2D eigenvalue weighted by molar-refractivity contribution is 6.31. The van der Waals surface area contributed by atoms with Crippen molar-refractivity contribution < 1.29 is 5.11 Å². The standard InChI is InChI=1S/C15H20ClN3O2/c1-9(2)5-11(8-20)17-7-14-18-13-6-10(16)3-4-12(13)15(21)19-14/h3-4,6,9,11,17,20H,5,7-8H2,1-2H3,(H,18,19,21). The molecule has 0 aliphatic carbocycles. The summed E-state index contributed by atoms with van der Waals surface area (Å²) < 4.78 is 0. The minimum Gasteiger partial charge on any atom is -0.395 e. The lowest BCUT2D eigenvalue weighted by Crippen LogP contribution is -2.34. The van der Waals surface area contributed by atoms with Crippen molar-refractivity contribution in [1.29, 1.82) is 0 Å². The Bertz CT molecular complexity index is 670. The lowest BCUT2D eigenvalue weighted by atomic mass is 10.0. The summed E-state index contributed by atoms with van der Waals surface area (Å²) in [6.07, 6.45) is 0.861. The Morgan fingerprint density at radius 3 is 2.86 bits per heavy atom. The van der Waals surface area contributed by atoms with E-state index in [4.69, 9.17) is 11.6 Å². The van der Waals surface area contributed by atoms with Crippen molar-refractivity contribution in [3.05, 3.63) is 39.4 Å². The molecular weight excluding hydrogens is 290 g/mol. The van der Waals surface area contributed by atoms with Gasteiger partial charge in [-0.25, -0.2) is 4.98 Å². The first kappa shape index (κ1) is 15.9. The van der Waals surface area contributed by atoms with Crippen molar-refractivity contribution in [2.24, 2.45) is 5.92 Å². The summed E-state index contributed by atoms with van der Waals surface area (Å²) in [7, 11) is 0. The molecule has 1 heterocycles. The van der Waals surface area contributed by atoms with Gasteiger partial charge >= 0.3 is 0 Å². The van der Waals surface area contributed by atoms with Gasteiger partial charge < -0.3 is 15.4 Å². The molecule has 0 spiro atoms. The number of fused-ring (bicyclic) bond motifs is 1. The smallest absolute Gasteiger partial charge is 0.258 e. The monoisotopic (exact) mass is 309 g/mol. The third-order valence-electron chi connectivity index (χ3n) is 3.25. The van der Waals surface area contributed by atoms with E-state index in [9.17, 15) is 9.90 Å². The number of aromatic amines is 1. The number of halogens is 1.